The third kappa shape index (κ3) is 3.49. The maximum atomic E-state index is 13.4. The Labute approximate surface area is 122 Å². The fraction of sp³-hybridized carbons (Fsp3) is 0.929. The van der Waals surface area contributed by atoms with Gasteiger partial charge in [0, 0.05) is 0 Å². The average Bonchev–Trinajstić information content (AvgIpc) is 3.02. The Hall–Kier alpha value is -0.850. The van der Waals surface area contributed by atoms with Crippen molar-refractivity contribution >= 4 is 5.91 Å². The SMILES string of the molecule is CCCC1NC(C2CCCC2)N(CC(F)(F)C(F)F)C1=O. The zero-order valence-corrected chi connectivity index (χ0v) is 12.1. The van der Waals surface area contributed by atoms with E-state index in [1.54, 1.807) is 0 Å². The van der Waals surface area contributed by atoms with Crippen LogP contribution in [0.5, 0.6) is 0 Å². The third-order valence-electron chi connectivity index (χ3n) is 4.41. The zero-order valence-electron chi connectivity index (χ0n) is 12.1. The van der Waals surface area contributed by atoms with Crippen LogP contribution < -0.4 is 5.32 Å². The summed E-state index contributed by atoms with van der Waals surface area (Å²) in [5.41, 5.74) is 0. The van der Waals surface area contributed by atoms with E-state index in [-0.39, 0.29) is 5.92 Å². The molecule has 0 aromatic heterocycles. The maximum Gasteiger partial charge on any atom is 0.324 e. The Balaban J connectivity index is 2.14. The predicted octanol–water partition coefficient (Wildman–Crippen LogP) is 3.00. The lowest BCUT2D eigenvalue weighted by atomic mass is 10.0. The minimum Gasteiger partial charge on any atom is -0.319 e. The van der Waals surface area contributed by atoms with Gasteiger partial charge in [0.2, 0.25) is 5.91 Å². The van der Waals surface area contributed by atoms with E-state index in [2.05, 4.69) is 5.32 Å². The summed E-state index contributed by atoms with van der Waals surface area (Å²) in [6, 6.07) is -0.519. The van der Waals surface area contributed by atoms with Crippen LogP contribution in [0.1, 0.15) is 45.4 Å². The van der Waals surface area contributed by atoms with Gasteiger partial charge in [-0.2, -0.15) is 8.78 Å². The molecule has 2 unspecified atom stereocenters. The van der Waals surface area contributed by atoms with E-state index in [4.69, 9.17) is 0 Å². The van der Waals surface area contributed by atoms with Crippen LogP contribution >= 0.6 is 0 Å². The van der Waals surface area contributed by atoms with Gasteiger partial charge in [-0.3, -0.25) is 10.1 Å². The van der Waals surface area contributed by atoms with E-state index in [9.17, 15) is 22.4 Å². The summed E-state index contributed by atoms with van der Waals surface area (Å²) in [5, 5.41) is 3.09. The molecule has 1 saturated heterocycles. The number of alkyl halides is 4. The summed E-state index contributed by atoms with van der Waals surface area (Å²) in [4.78, 5) is 13.2. The van der Waals surface area contributed by atoms with Crippen LogP contribution in [0.4, 0.5) is 17.6 Å². The predicted molar refractivity (Wildman–Crippen MR) is 70.2 cm³/mol. The molecule has 2 fully saturated rings. The van der Waals surface area contributed by atoms with Crippen LogP contribution in [0.15, 0.2) is 0 Å². The highest BCUT2D eigenvalue weighted by atomic mass is 19.3. The van der Waals surface area contributed by atoms with Gasteiger partial charge in [0.05, 0.1) is 18.8 Å². The molecular formula is C14H22F4N2O. The molecular weight excluding hydrogens is 288 g/mol. The molecule has 1 heterocycles. The van der Waals surface area contributed by atoms with Gasteiger partial charge >= 0.3 is 12.3 Å². The fourth-order valence-electron chi connectivity index (χ4n) is 3.34. The molecule has 0 aromatic rings. The average molecular weight is 310 g/mol. The lowest BCUT2D eigenvalue weighted by molar-refractivity contribution is -0.158. The Morgan fingerprint density at radius 1 is 1.33 bits per heavy atom. The number of carbonyl (C=O) groups is 1. The van der Waals surface area contributed by atoms with Crippen molar-refractivity contribution in [1.29, 1.82) is 0 Å². The number of halogens is 4. The van der Waals surface area contributed by atoms with Gasteiger partial charge in [0.1, 0.15) is 0 Å². The van der Waals surface area contributed by atoms with Gasteiger partial charge in [0.15, 0.2) is 0 Å². The molecule has 0 aromatic carbocycles. The minimum atomic E-state index is -4.16. The van der Waals surface area contributed by atoms with Crippen molar-refractivity contribution in [2.45, 2.75) is 70.0 Å². The molecule has 2 rings (SSSR count). The second-order valence-electron chi connectivity index (χ2n) is 6.03. The van der Waals surface area contributed by atoms with Crippen LogP contribution in [-0.2, 0) is 4.79 Å². The summed E-state index contributed by atoms with van der Waals surface area (Å²) in [5.74, 6) is -4.53. The highest BCUT2D eigenvalue weighted by Gasteiger charge is 2.50. The largest absolute Gasteiger partial charge is 0.324 e. The van der Waals surface area contributed by atoms with Gasteiger partial charge in [-0.15, -0.1) is 0 Å². The molecule has 2 atom stereocenters. The molecule has 21 heavy (non-hydrogen) atoms. The first kappa shape index (κ1) is 16.5. The Bertz CT molecular complexity index is 372. The first-order chi connectivity index (χ1) is 9.86. The second kappa shape index (κ2) is 6.50. The minimum absolute atomic E-state index is 0.0873. The van der Waals surface area contributed by atoms with Crippen LogP contribution in [0, 0.1) is 5.92 Å². The summed E-state index contributed by atoms with van der Waals surface area (Å²) in [7, 11) is 0. The van der Waals surface area contributed by atoms with E-state index >= 15 is 0 Å². The number of hydrogen-bond donors (Lipinski definition) is 1. The highest BCUT2D eigenvalue weighted by Crippen LogP contribution is 2.35. The fourth-order valence-corrected chi connectivity index (χ4v) is 3.34. The second-order valence-corrected chi connectivity index (χ2v) is 6.03. The van der Waals surface area contributed by atoms with Gasteiger partial charge in [0.25, 0.3) is 0 Å². The molecule has 1 aliphatic heterocycles. The molecule has 1 saturated carbocycles. The molecule has 0 radical (unpaired) electrons. The molecule has 7 heteroatoms. The summed E-state index contributed by atoms with van der Waals surface area (Å²) in [6.45, 7) is 0.702. The normalized spacial score (nSPS) is 28.1. The quantitative estimate of drug-likeness (QED) is 0.765. The lowest BCUT2D eigenvalue weighted by Gasteiger charge is -2.31. The Morgan fingerprint density at radius 2 is 1.95 bits per heavy atom. The number of hydrogen-bond acceptors (Lipinski definition) is 2. The molecule has 122 valence electrons. The molecule has 2 aliphatic rings. The molecule has 0 bridgehead atoms. The van der Waals surface area contributed by atoms with Gasteiger partial charge in [-0.05, 0) is 25.2 Å². The number of carbonyl (C=O) groups excluding carboxylic acids is 1. The smallest absolute Gasteiger partial charge is 0.319 e. The summed E-state index contributed by atoms with van der Waals surface area (Å²) < 4.78 is 51.6. The van der Waals surface area contributed by atoms with Crippen molar-refractivity contribution in [2.24, 2.45) is 5.92 Å². The van der Waals surface area contributed by atoms with E-state index in [0.717, 1.165) is 37.0 Å². The van der Waals surface area contributed by atoms with Crippen LogP contribution in [0.25, 0.3) is 0 Å². The number of nitrogens with one attached hydrogen (secondary N) is 1. The highest BCUT2D eigenvalue weighted by molar-refractivity contribution is 5.84. The first-order valence-corrected chi connectivity index (χ1v) is 7.59. The van der Waals surface area contributed by atoms with Crippen molar-refractivity contribution in [3.8, 4) is 0 Å². The molecule has 1 N–H and O–H groups in total. The maximum absolute atomic E-state index is 13.4. The van der Waals surface area contributed by atoms with Gasteiger partial charge in [-0.25, -0.2) is 8.78 Å². The summed E-state index contributed by atoms with van der Waals surface area (Å²) >= 11 is 0. The Kier molecular flexibility index (Phi) is 5.11. The number of rotatable bonds is 6. The van der Waals surface area contributed by atoms with Crippen LogP contribution in [-0.4, -0.2) is 41.9 Å². The van der Waals surface area contributed by atoms with Gasteiger partial charge < -0.3 is 4.90 Å². The van der Waals surface area contributed by atoms with E-state index < -0.39 is 37.0 Å². The molecule has 3 nitrogen and oxygen atoms in total. The molecule has 0 spiro atoms. The van der Waals surface area contributed by atoms with E-state index in [1.807, 2.05) is 6.92 Å². The van der Waals surface area contributed by atoms with Crippen molar-refractivity contribution in [1.82, 2.24) is 10.2 Å². The van der Waals surface area contributed by atoms with Crippen LogP contribution in [0.2, 0.25) is 0 Å². The van der Waals surface area contributed by atoms with Crippen molar-refractivity contribution in [2.75, 3.05) is 6.54 Å². The number of nitrogens with zero attached hydrogens (tertiary/aromatic N) is 1. The number of amides is 1. The van der Waals surface area contributed by atoms with E-state index in [1.165, 1.54) is 0 Å². The van der Waals surface area contributed by atoms with E-state index in [0.29, 0.717) is 6.42 Å². The van der Waals surface area contributed by atoms with Crippen LogP contribution in [0.3, 0.4) is 0 Å². The first-order valence-electron chi connectivity index (χ1n) is 7.59. The molecule has 1 aliphatic carbocycles. The monoisotopic (exact) mass is 310 g/mol. The van der Waals surface area contributed by atoms with Gasteiger partial charge in [-0.1, -0.05) is 26.2 Å². The standard InChI is InChI=1S/C14H22F4N2O/c1-2-5-10-12(21)20(8-14(17,18)13(15)16)11(19-10)9-6-3-4-7-9/h9-11,13,19H,2-8H2,1H3. The van der Waals surface area contributed by atoms with Crippen molar-refractivity contribution in [3.05, 3.63) is 0 Å². The topological polar surface area (TPSA) is 32.3 Å². The summed E-state index contributed by atoms with van der Waals surface area (Å²) in [6.07, 6.45) is 0.684. The third-order valence-corrected chi connectivity index (χ3v) is 4.41. The zero-order chi connectivity index (χ0) is 15.6. The van der Waals surface area contributed by atoms with Crippen molar-refractivity contribution in [3.63, 3.8) is 0 Å². The molecule has 1 amide bonds. The lowest BCUT2D eigenvalue weighted by Crippen LogP contribution is -2.49. The van der Waals surface area contributed by atoms with Crippen molar-refractivity contribution < 1.29 is 22.4 Å². The Morgan fingerprint density at radius 3 is 2.48 bits per heavy atom.